The highest BCUT2D eigenvalue weighted by atomic mass is 32.2. The molecule has 0 spiro atoms. The number of carboxylic acids is 1. The van der Waals surface area contributed by atoms with Gasteiger partial charge in [0.05, 0.1) is 18.0 Å². The Morgan fingerprint density at radius 1 is 1.03 bits per heavy atom. The second-order valence-electron chi connectivity index (χ2n) is 8.53. The number of aliphatic carboxylic acids is 1. The van der Waals surface area contributed by atoms with Crippen molar-refractivity contribution in [3.05, 3.63) is 112 Å². The molecule has 1 fully saturated rings. The van der Waals surface area contributed by atoms with E-state index in [2.05, 4.69) is 0 Å². The molecule has 2 aromatic rings. The zero-order valence-electron chi connectivity index (χ0n) is 18.7. The van der Waals surface area contributed by atoms with Gasteiger partial charge in [-0.2, -0.15) is 0 Å². The molecule has 6 rings (SSSR count). The van der Waals surface area contributed by atoms with Crippen LogP contribution >= 0.6 is 11.8 Å². The number of nitrogens with zero attached hydrogens (tertiary/aromatic N) is 2. The zero-order valence-corrected chi connectivity index (χ0v) is 19.5. The lowest BCUT2D eigenvalue weighted by Crippen LogP contribution is -2.51. The molecule has 2 aromatic carbocycles. The van der Waals surface area contributed by atoms with Gasteiger partial charge in [0, 0.05) is 11.0 Å². The van der Waals surface area contributed by atoms with E-state index in [9.17, 15) is 24.3 Å². The first-order valence-corrected chi connectivity index (χ1v) is 12.1. The van der Waals surface area contributed by atoms with E-state index in [-0.39, 0.29) is 35.4 Å². The predicted octanol–water partition coefficient (Wildman–Crippen LogP) is 3.46. The molecule has 2 amide bonds. The maximum absolute atomic E-state index is 13.8. The van der Waals surface area contributed by atoms with Gasteiger partial charge >= 0.3 is 5.97 Å². The molecule has 4 aliphatic rings. The van der Waals surface area contributed by atoms with E-state index in [0.29, 0.717) is 16.9 Å². The Bertz CT molecular complexity index is 1470. The van der Waals surface area contributed by atoms with E-state index in [1.165, 1.54) is 27.0 Å². The molecule has 8 nitrogen and oxygen atoms in total. The minimum absolute atomic E-state index is 0.0720. The molecule has 1 saturated heterocycles. The first-order valence-electron chi connectivity index (χ1n) is 11.2. The van der Waals surface area contributed by atoms with Gasteiger partial charge in [0.2, 0.25) is 0 Å². The fourth-order valence-electron chi connectivity index (χ4n) is 4.61. The van der Waals surface area contributed by atoms with Gasteiger partial charge in [-0.1, -0.05) is 54.6 Å². The first kappa shape index (κ1) is 22.1. The number of hydrogen-bond donors (Lipinski definition) is 1. The Labute approximate surface area is 209 Å². The zero-order chi connectivity index (χ0) is 25.0. The minimum atomic E-state index is -1.17. The number of ketones is 1. The van der Waals surface area contributed by atoms with Crippen molar-refractivity contribution >= 4 is 35.3 Å². The van der Waals surface area contributed by atoms with Gasteiger partial charge in [0.25, 0.3) is 11.8 Å². The molecule has 0 radical (unpaired) electrons. The van der Waals surface area contributed by atoms with Gasteiger partial charge in [-0.15, -0.1) is 11.8 Å². The molecule has 1 aliphatic carbocycles. The molecular weight excluding hydrogens is 480 g/mol. The summed E-state index contributed by atoms with van der Waals surface area (Å²) < 4.78 is 6.03. The summed E-state index contributed by atoms with van der Waals surface area (Å²) in [7, 11) is 0. The normalized spacial score (nSPS) is 23.5. The smallest absolute Gasteiger partial charge is 0.353 e. The fourth-order valence-corrected chi connectivity index (χ4v) is 5.74. The Balaban J connectivity index is 1.36. The number of ether oxygens (including phenoxy) is 1. The molecule has 36 heavy (non-hydrogen) atoms. The summed E-state index contributed by atoms with van der Waals surface area (Å²) >= 11 is 1.21. The third-order valence-corrected chi connectivity index (χ3v) is 7.45. The van der Waals surface area contributed by atoms with Crippen molar-refractivity contribution in [1.82, 2.24) is 9.80 Å². The fraction of sp³-hybridized carbons (Fsp3) is 0.111. The van der Waals surface area contributed by atoms with E-state index < -0.39 is 23.2 Å². The lowest BCUT2D eigenvalue weighted by Gasteiger charge is -2.38. The third-order valence-electron chi connectivity index (χ3n) is 6.37. The second-order valence-corrected chi connectivity index (χ2v) is 9.49. The predicted molar refractivity (Wildman–Crippen MR) is 130 cm³/mol. The Kier molecular flexibility index (Phi) is 5.15. The van der Waals surface area contributed by atoms with Crippen molar-refractivity contribution in [1.29, 1.82) is 0 Å². The van der Waals surface area contributed by atoms with Crippen LogP contribution in [-0.2, 0) is 20.9 Å². The van der Waals surface area contributed by atoms with Crippen LogP contribution in [0, 0.1) is 5.92 Å². The van der Waals surface area contributed by atoms with Crippen LogP contribution in [0.25, 0.3) is 0 Å². The number of benzene rings is 2. The maximum atomic E-state index is 13.8. The SMILES string of the molecule is O=C(O)C1=CS[C@@H]2/C(=C/C3C=CC4=C(C3=O)N(Cc3ccccc3)C(=O)c3ccccc3O4)C(=O)N12. The molecule has 0 aromatic heterocycles. The average Bonchev–Trinajstić information content (AvgIpc) is 3.24. The summed E-state index contributed by atoms with van der Waals surface area (Å²) in [6.45, 7) is 0.163. The van der Waals surface area contributed by atoms with Crippen molar-refractivity contribution < 1.29 is 29.0 Å². The van der Waals surface area contributed by atoms with Gasteiger partial charge in [-0.25, -0.2) is 4.79 Å². The number of amides is 2. The van der Waals surface area contributed by atoms with Crippen LogP contribution in [0.3, 0.4) is 0 Å². The first-order chi connectivity index (χ1) is 17.4. The summed E-state index contributed by atoms with van der Waals surface area (Å²) in [6.07, 6.45) is 4.84. The maximum Gasteiger partial charge on any atom is 0.353 e. The molecule has 1 unspecified atom stereocenters. The Morgan fingerprint density at radius 3 is 2.56 bits per heavy atom. The van der Waals surface area contributed by atoms with E-state index in [1.54, 1.807) is 42.5 Å². The highest BCUT2D eigenvalue weighted by molar-refractivity contribution is 8.03. The van der Waals surface area contributed by atoms with Crippen LogP contribution in [0.4, 0.5) is 0 Å². The number of fused-ring (bicyclic) bond motifs is 2. The van der Waals surface area contributed by atoms with Crippen LogP contribution in [-0.4, -0.2) is 43.8 Å². The van der Waals surface area contributed by atoms with Crippen molar-refractivity contribution in [2.45, 2.75) is 11.9 Å². The van der Waals surface area contributed by atoms with Crippen LogP contribution in [0.15, 0.2) is 101 Å². The molecule has 3 heterocycles. The van der Waals surface area contributed by atoms with Crippen LogP contribution in [0.1, 0.15) is 15.9 Å². The lowest BCUT2D eigenvalue weighted by atomic mass is 9.90. The highest BCUT2D eigenvalue weighted by Gasteiger charge is 2.50. The number of Topliss-reactive ketones (excluding diaryl/α,β-unsaturated/α-hetero) is 1. The number of carbonyl (C=O) groups is 4. The highest BCUT2D eigenvalue weighted by Crippen LogP contribution is 2.45. The van der Waals surface area contributed by atoms with Gasteiger partial charge in [0.15, 0.2) is 11.5 Å². The third kappa shape index (κ3) is 3.39. The second kappa shape index (κ2) is 8.39. The molecule has 9 heteroatoms. The number of β-lactam (4-membered cyclic amide) rings is 1. The van der Waals surface area contributed by atoms with Gasteiger partial charge in [0.1, 0.15) is 22.5 Å². The largest absolute Gasteiger partial charge is 0.477 e. The number of para-hydroxylation sites is 1. The lowest BCUT2D eigenvalue weighted by molar-refractivity contribution is -0.141. The molecule has 2 atom stereocenters. The number of carboxylic acid groups (broad SMARTS) is 1. The van der Waals surface area contributed by atoms with E-state index in [1.807, 2.05) is 30.3 Å². The average molecular weight is 499 g/mol. The number of rotatable bonds is 4. The summed E-state index contributed by atoms with van der Waals surface area (Å²) in [5.41, 5.74) is 1.60. The number of thioether (sulfide) groups is 1. The molecule has 0 bridgehead atoms. The van der Waals surface area contributed by atoms with Gasteiger partial charge in [-0.05, 0) is 23.8 Å². The molecular formula is C27H18N2O6S. The van der Waals surface area contributed by atoms with E-state index in [4.69, 9.17) is 4.74 Å². The monoisotopic (exact) mass is 498 g/mol. The van der Waals surface area contributed by atoms with Crippen molar-refractivity contribution in [2.24, 2.45) is 5.92 Å². The molecule has 1 N–H and O–H groups in total. The van der Waals surface area contributed by atoms with Crippen LogP contribution in [0.2, 0.25) is 0 Å². The molecule has 178 valence electrons. The van der Waals surface area contributed by atoms with Gasteiger partial charge < -0.3 is 9.84 Å². The van der Waals surface area contributed by atoms with Crippen molar-refractivity contribution in [2.75, 3.05) is 0 Å². The Morgan fingerprint density at radius 2 is 1.78 bits per heavy atom. The summed E-state index contributed by atoms with van der Waals surface area (Å²) in [4.78, 5) is 54.1. The van der Waals surface area contributed by atoms with Crippen LogP contribution in [0.5, 0.6) is 5.75 Å². The standard InChI is InChI=1S/C27H18N2O6S/c30-23-16(12-18-25(32)29-19(27(33)34)14-36-26(18)29)10-11-21-22(23)28(13-15-6-2-1-3-7-15)24(31)17-8-4-5-9-20(17)35-21/h1-12,14,16,26H,13H2,(H,33,34)/b18-12+/t16?,26-/m1/s1. The number of hydrogen-bond acceptors (Lipinski definition) is 6. The Hall–Kier alpha value is -4.37. The summed E-state index contributed by atoms with van der Waals surface area (Å²) in [6, 6.07) is 16.2. The topological polar surface area (TPSA) is 104 Å². The molecule has 3 aliphatic heterocycles. The van der Waals surface area contributed by atoms with Gasteiger partial charge in [-0.3, -0.25) is 24.2 Å². The number of carbonyl (C=O) groups excluding carboxylic acids is 3. The molecule has 0 saturated carbocycles. The number of allylic oxidation sites excluding steroid dienone is 4. The van der Waals surface area contributed by atoms with Crippen LogP contribution < -0.4 is 4.74 Å². The van der Waals surface area contributed by atoms with Crippen molar-refractivity contribution in [3.8, 4) is 5.75 Å². The quantitative estimate of drug-likeness (QED) is 0.509. The van der Waals surface area contributed by atoms with Crippen molar-refractivity contribution in [3.63, 3.8) is 0 Å². The van der Waals surface area contributed by atoms with E-state index in [0.717, 1.165) is 5.56 Å². The van der Waals surface area contributed by atoms with E-state index >= 15 is 0 Å². The summed E-state index contributed by atoms with van der Waals surface area (Å²) in [5, 5.41) is 10.2. The summed E-state index contributed by atoms with van der Waals surface area (Å²) in [5.74, 6) is -2.54. The minimum Gasteiger partial charge on any atom is -0.477 e.